The van der Waals surface area contributed by atoms with Gasteiger partial charge in [0.05, 0.1) is 12.2 Å². The number of aliphatic hydroxyl groups is 1. The van der Waals surface area contributed by atoms with Gasteiger partial charge in [-0.2, -0.15) is 13.2 Å². The van der Waals surface area contributed by atoms with E-state index in [0.29, 0.717) is 6.07 Å². The van der Waals surface area contributed by atoms with Crippen LogP contribution in [0.25, 0.3) is 0 Å². The number of nitrogens with two attached hydrogens (primary N) is 1. The molecule has 1 unspecified atom stereocenters. The maximum Gasteiger partial charge on any atom is 0.416 e. The molecule has 0 aliphatic heterocycles. The van der Waals surface area contributed by atoms with E-state index in [1.165, 1.54) is 0 Å². The lowest BCUT2D eigenvalue weighted by molar-refractivity contribution is -0.138. The molecule has 0 radical (unpaired) electrons. The van der Waals surface area contributed by atoms with E-state index in [1.807, 2.05) is 0 Å². The molecule has 7 heteroatoms. The second kappa shape index (κ2) is 6.12. The zero-order valence-corrected chi connectivity index (χ0v) is 9.47. The Morgan fingerprint density at radius 3 is 2.50 bits per heavy atom. The molecule has 0 saturated heterocycles. The molecule has 18 heavy (non-hydrogen) atoms. The molecule has 0 spiro atoms. The number of hydrogen-bond acceptors (Lipinski definition) is 3. The average molecular weight is 266 g/mol. The van der Waals surface area contributed by atoms with E-state index >= 15 is 0 Å². The van der Waals surface area contributed by atoms with Crippen molar-refractivity contribution in [3.05, 3.63) is 35.1 Å². The first kappa shape index (κ1) is 14.9. The number of aliphatic hydroxyl groups excluding tert-OH is 1. The molecule has 0 aliphatic carbocycles. The number of rotatable bonds is 5. The predicted molar refractivity (Wildman–Crippen MR) is 58.3 cm³/mol. The minimum atomic E-state index is -4.65. The highest BCUT2D eigenvalue weighted by Crippen LogP contribution is 2.34. The van der Waals surface area contributed by atoms with Crippen molar-refractivity contribution in [3.63, 3.8) is 0 Å². The molecule has 0 aromatic heterocycles. The van der Waals surface area contributed by atoms with Gasteiger partial charge in [-0.05, 0) is 17.7 Å². The Morgan fingerprint density at radius 2 is 2.00 bits per heavy atom. The Kier molecular flexibility index (Phi) is 5.06. The van der Waals surface area contributed by atoms with E-state index in [-0.39, 0.29) is 25.3 Å². The van der Waals surface area contributed by atoms with Crippen LogP contribution in [-0.4, -0.2) is 24.8 Å². The van der Waals surface area contributed by atoms with Crippen molar-refractivity contribution < 1.29 is 22.7 Å². The molecule has 3 nitrogen and oxygen atoms in total. The first-order chi connectivity index (χ1) is 8.40. The Morgan fingerprint density at radius 1 is 1.33 bits per heavy atom. The zero-order valence-electron chi connectivity index (χ0n) is 9.47. The third-order valence-corrected chi connectivity index (χ3v) is 2.43. The molecule has 0 saturated carbocycles. The summed E-state index contributed by atoms with van der Waals surface area (Å²) in [5.41, 5.74) is 4.21. The summed E-state index contributed by atoms with van der Waals surface area (Å²) in [7, 11) is 0. The van der Waals surface area contributed by atoms with E-state index in [4.69, 9.17) is 10.8 Å². The van der Waals surface area contributed by atoms with Gasteiger partial charge >= 0.3 is 6.18 Å². The van der Waals surface area contributed by atoms with Crippen LogP contribution in [0, 0.1) is 5.82 Å². The molecule has 102 valence electrons. The van der Waals surface area contributed by atoms with Crippen molar-refractivity contribution in [2.75, 3.05) is 19.7 Å². The SMILES string of the molecule is NCC(NCCO)c1ccc(F)cc1C(F)(F)F. The smallest absolute Gasteiger partial charge is 0.395 e. The molecule has 0 aliphatic rings. The van der Waals surface area contributed by atoms with Crippen LogP contribution in [0.15, 0.2) is 18.2 Å². The molecule has 0 fully saturated rings. The summed E-state index contributed by atoms with van der Waals surface area (Å²) in [6.45, 7) is -0.204. The molecular weight excluding hydrogens is 252 g/mol. The third kappa shape index (κ3) is 3.66. The first-order valence-corrected chi connectivity index (χ1v) is 5.31. The molecule has 1 atom stereocenters. The molecule has 0 bridgehead atoms. The van der Waals surface area contributed by atoms with Gasteiger partial charge in [-0.1, -0.05) is 6.07 Å². The van der Waals surface area contributed by atoms with E-state index in [1.54, 1.807) is 0 Å². The number of halogens is 4. The zero-order chi connectivity index (χ0) is 13.8. The third-order valence-electron chi connectivity index (χ3n) is 2.43. The Balaban J connectivity index is 3.13. The van der Waals surface area contributed by atoms with Crippen molar-refractivity contribution >= 4 is 0 Å². The maximum absolute atomic E-state index is 12.9. The highest BCUT2D eigenvalue weighted by Gasteiger charge is 2.35. The Labute approximate surface area is 102 Å². The van der Waals surface area contributed by atoms with Crippen molar-refractivity contribution in [1.29, 1.82) is 0 Å². The van der Waals surface area contributed by atoms with Crippen LogP contribution in [0.5, 0.6) is 0 Å². The highest BCUT2D eigenvalue weighted by molar-refractivity contribution is 5.33. The quantitative estimate of drug-likeness (QED) is 0.707. The maximum atomic E-state index is 12.9. The molecule has 0 heterocycles. The van der Waals surface area contributed by atoms with Gasteiger partial charge in [-0.25, -0.2) is 4.39 Å². The van der Waals surface area contributed by atoms with Gasteiger partial charge in [-0.3, -0.25) is 0 Å². The van der Waals surface area contributed by atoms with Gasteiger partial charge < -0.3 is 16.2 Å². The van der Waals surface area contributed by atoms with Crippen molar-refractivity contribution in [2.24, 2.45) is 5.73 Å². The standard InChI is InChI=1S/C11H14F4N2O/c12-7-1-2-8(9(5-7)11(13,14)15)10(6-16)17-3-4-18/h1-2,5,10,17-18H,3-4,6,16H2. The molecule has 4 N–H and O–H groups in total. The molecule has 1 rings (SSSR count). The fraction of sp³-hybridized carbons (Fsp3) is 0.455. The van der Waals surface area contributed by atoms with Crippen molar-refractivity contribution in [3.8, 4) is 0 Å². The largest absolute Gasteiger partial charge is 0.416 e. The van der Waals surface area contributed by atoms with E-state index in [2.05, 4.69) is 5.32 Å². The fourth-order valence-electron chi connectivity index (χ4n) is 1.64. The van der Waals surface area contributed by atoms with Gasteiger partial charge in [0.25, 0.3) is 0 Å². The second-order valence-electron chi connectivity index (χ2n) is 3.70. The summed E-state index contributed by atoms with van der Waals surface area (Å²) >= 11 is 0. The van der Waals surface area contributed by atoms with E-state index in [9.17, 15) is 17.6 Å². The summed E-state index contributed by atoms with van der Waals surface area (Å²) in [5.74, 6) is -0.955. The van der Waals surface area contributed by atoms with Gasteiger partial charge in [0.1, 0.15) is 5.82 Å². The van der Waals surface area contributed by atoms with Crippen LogP contribution >= 0.6 is 0 Å². The van der Waals surface area contributed by atoms with Crippen LogP contribution in [-0.2, 0) is 6.18 Å². The number of benzene rings is 1. The lowest BCUT2D eigenvalue weighted by Gasteiger charge is -2.21. The lowest BCUT2D eigenvalue weighted by Crippen LogP contribution is -2.32. The molecular formula is C11H14F4N2O. The highest BCUT2D eigenvalue weighted by atomic mass is 19.4. The second-order valence-corrected chi connectivity index (χ2v) is 3.70. The van der Waals surface area contributed by atoms with E-state index in [0.717, 1.165) is 12.1 Å². The van der Waals surface area contributed by atoms with Gasteiger partial charge in [-0.15, -0.1) is 0 Å². The summed E-state index contributed by atoms with van der Waals surface area (Å²) in [6.07, 6.45) is -4.65. The number of nitrogens with one attached hydrogen (secondary N) is 1. The average Bonchev–Trinajstić information content (AvgIpc) is 2.30. The van der Waals surface area contributed by atoms with Gasteiger partial charge in [0.15, 0.2) is 0 Å². The van der Waals surface area contributed by atoms with Gasteiger partial charge in [0, 0.05) is 19.1 Å². The normalized spacial score (nSPS) is 13.7. The summed E-state index contributed by atoms with van der Waals surface area (Å²) in [6, 6.07) is 1.67. The molecule has 0 amide bonds. The molecule has 1 aromatic rings. The van der Waals surface area contributed by atoms with Crippen LogP contribution in [0.1, 0.15) is 17.2 Å². The predicted octanol–water partition coefficient (Wildman–Crippen LogP) is 1.43. The minimum Gasteiger partial charge on any atom is -0.395 e. The molecule has 1 aromatic carbocycles. The summed E-state index contributed by atoms with van der Waals surface area (Å²) in [5, 5.41) is 11.3. The van der Waals surface area contributed by atoms with Crippen LogP contribution in [0.4, 0.5) is 17.6 Å². The monoisotopic (exact) mass is 266 g/mol. The minimum absolute atomic E-state index is 0.0886. The topological polar surface area (TPSA) is 58.3 Å². The Hall–Kier alpha value is -1.18. The first-order valence-electron chi connectivity index (χ1n) is 5.31. The van der Waals surface area contributed by atoms with Crippen LogP contribution in [0.3, 0.4) is 0 Å². The Bertz CT molecular complexity index is 395. The van der Waals surface area contributed by atoms with Crippen LogP contribution in [0.2, 0.25) is 0 Å². The van der Waals surface area contributed by atoms with Crippen molar-refractivity contribution in [2.45, 2.75) is 12.2 Å². The number of alkyl halides is 3. The van der Waals surface area contributed by atoms with Crippen molar-refractivity contribution in [1.82, 2.24) is 5.32 Å². The number of hydrogen-bond donors (Lipinski definition) is 3. The van der Waals surface area contributed by atoms with Gasteiger partial charge in [0.2, 0.25) is 0 Å². The summed E-state index contributed by atoms with van der Waals surface area (Å²) < 4.78 is 51.2. The van der Waals surface area contributed by atoms with Crippen LogP contribution < -0.4 is 11.1 Å². The van der Waals surface area contributed by atoms with E-state index < -0.39 is 23.6 Å². The summed E-state index contributed by atoms with van der Waals surface area (Å²) in [4.78, 5) is 0. The lowest BCUT2D eigenvalue weighted by atomic mass is 9.99. The fourth-order valence-corrected chi connectivity index (χ4v) is 1.64.